The van der Waals surface area contributed by atoms with Gasteiger partial charge in [0.05, 0.1) is 6.42 Å². The first kappa shape index (κ1) is 18.8. The molecule has 0 saturated carbocycles. The van der Waals surface area contributed by atoms with E-state index in [1.54, 1.807) is 12.1 Å². The van der Waals surface area contributed by atoms with E-state index in [9.17, 15) is 9.18 Å². The molecule has 0 aliphatic rings. The van der Waals surface area contributed by atoms with Crippen LogP contribution in [0.3, 0.4) is 0 Å². The van der Waals surface area contributed by atoms with Crippen LogP contribution in [-0.4, -0.2) is 12.5 Å². The van der Waals surface area contributed by atoms with Crippen LogP contribution in [0.2, 0.25) is 0 Å². The minimum atomic E-state index is -0.245. The number of hydrogen-bond donors (Lipinski definition) is 0. The number of hydrogen-bond acceptors (Lipinski definition) is 1. The number of nitrogens with zero attached hydrogens (tertiary/aromatic N) is 1. The minimum Gasteiger partial charge on any atom is -0.312 e. The van der Waals surface area contributed by atoms with Gasteiger partial charge in [0.1, 0.15) is 5.82 Å². The summed E-state index contributed by atoms with van der Waals surface area (Å²) in [7, 11) is 0. The van der Waals surface area contributed by atoms with Gasteiger partial charge in [0.25, 0.3) is 0 Å². The predicted molar refractivity (Wildman–Crippen MR) is 109 cm³/mol. The zero-order valence-electron chi connectivity index (χ0n) is 15.8. The highest BCUT2D eigenvalue weighted by Crippen LogP contribution is 2.21. The van der Waals surface area contributed by atoms with Crippen molar-refractivity contribution in [1.82, 2.24) is 0 Å². The van der Waals surface area contributed by atoms with Gasteiger partial charge in [0, 0.05) is 12.2 Å². The lowest BCUT2D eigenvalue weighted by molar-refractivity contribution is -0.118. The summed E-state index contributed by atoms with van der Waals surface area (Å²) < 4.78 is 13.1. The number of halogens is 1. The van der Waals surface area contributed by atoms with E-state index in [0.717, 1.165) is 22.4 Å². The standard InChI is InChI=1S/C24H24FNO/c1-18-8-13-23(16-19(18)2)26(15-14-20-9-11-22(25)12-10-20)24(27)17-21-6-4-3-5-7-21/h3-13,16H,14-15,17H2,1-2H3. The van der Waals surface area contributed by atoms with Crippen molar-refractivity contribution in [2.45, 2.75) is 26.7 Å². The summed E-state index contributed by atoms with van der Waals surface area (Å²) in [4.78, 5) is 14.9. The number of rotatable bonds is 6. The Morgan fingerprint density at radius 1 is 0.852 bits per heavy atom. The minimum absolute atomic E-state index is 0.0616. The normalized spacial score (nSPS) is 10.6. The summed E-state index contributed by atoms with van der Waals surface area (Å²) in [6.45, 7) is 4.67. The van der Waals surface area contributed by atoms with Gasteiger partial charge in [-0.1, -0.05) is 48.5 Å². The van der Waals surface area contributed by atoms with E-state index in [1.165, 1.54) is 17.7 Å². The van der Waals surface area contributed by atoms with E-state index in [2.05, 4.69) is 19.9 Å². The molecule has 0 heterocycles. The van der Waals surface area contributed by atoms with Crippen molar-refractivity contribution in [1.29, 1.82) is 0 Å². The maximum Gasteiger partial charge on any atom is 0.231 e. The number of carbonyl (C=O) groups is 1. The third kappa shape index (κ3) is 5.04. The van der Waals surface area contributed by atoms with E-state index in [4.69, 9.17) is 0 Å². The number of benzene rings is 3. The fourth-order valence-electron chi connectivity index (χ4n) is 3.05. The second-order valence-corrected chi connectivity index (χ2v) is 6.85. The van der Waals surface area contributed by atoms with Crippen molar-refractivity contribution in [3.63, 3.8) is 0 Å². The van der Waals surface area contributed by atoms with Gasteiger partial charge in [0.15, 0.2) is 0 Å². The van der Waals surface area contributed by atoms with Crippen molar-refractivity contribution in [3.8, 4) is 0 Å². The SMILES string of the molecule is Cc1ccc(N(CCc2ccc(F)cc2)C(=O)Cc2ccccc2)cc1C. The average molecular weight is 361 g/mol. The maximum atomic E-state index is 13.1. The molecule has 0 aliphatic heterocycles. The molecule has 0 aliphatic carbocycles. The number of carbonyl (C=O) groups excluding carboxylic acids is 1. The average Bonchev–Trinajstić information content (AvgIpc) is 2.67. The van der Waals surface area contributed by atoms with Gasteiger partial charge in [-0.3, -0.25) is 4.79 Å². The highest BCUT2D eigenvalue weighted by Gasteiger charge is 2.17. The fourth-order valence-corrected chi connectivity index (χ4v) is 3.05. The summed E-state index contributed by atoms with van der Waals surface area (Å²) in [5, 5.41) is 0. The van der Waals surface area contributed by atoms with Crippen LogP contribution in [0.4, 0.5) is 10.1 Å². The molecule has 27 heavy (non-hydrogen) atoms. The van der Waals surface area contributed by atoms with Gasteiger partial charge in [-0.05, 0) is 66.8 Å². The first-order chi connectivity index (χ1) is 13.0. The first-order valence-corrected chi connectivity index (χ1v) is 9.19. The molecule has 0 aromatic heterocycles. The van der Waals surface area contributed by atoms with Crippen LogP contribution in [0.1, 0.15) is 22.3 Å². The molecular formula is C24H24FNO. The maximum absolute atomic E-state index is 13.1. The van der Waals surface area contributed by atoms with Crippen molar-refractivity contribution in [2.75, 3.05) is 11.4 Å². The number of aryl methyl sites for hydroxylation is 2. The third-order valence-electron chi connectivity index (χ3n) is 4.84. The summed E-state index contributed by atoms with van der Waals surface area (Å²) in [6.07, 6.45) is 1.03. The largest absolute Gasteiger partial charge is 0.312 e. The van der Waals surface area contributed by atoms with Gasteiger partial charge >= 0.3 is 0 Å². The molecule has 0 atom stereocenters. The van der Waals surface area contributed by atoms with Crippen molar-refractivity contribution < 1.29 is 9.18 Å². The van der Waals surface area contributed by atoms with Crippen molar-refractivity contribution >= 4 is 11.6 Å². The second kappa shape index (κ2) is 8.63. The van der Waals surface area contributed by atoms with Crippen molar-refractivity contribution in [2.24, 2.45) is 0 Å². The third-order valence-corrected chi connectivity index (χ3v) is 4.84. The van der Waals surface area contributed by atoms with Gasteiger partial charge in [0.2, 0.25) is 5.91 Å². The Hall–Kier alpha value is -2.94. The lowest BCUT2D eigenvalue weighted by Crippen LogP contribution is -2.34. The Labute approximate surface area is 160 Å². The van der Waals surface area contributed by atoms with Crippen molar-refractivity contribution in [3.05, 3.63) is 101 Å². The molecule has 0 fully saturated rings. The Morgan fingerprint density at radius 2 is 1.56 bits per heavy atom. The molecule has 0 saturated heterocycles. The van der Waals surface area contributed by atoms with E-state index in [1.807, 2.05) is 47.4 Å². The van der Waals surface area contributed by atoms with Gasteiger partial charge < -0.3 is 4.90 Å². The molecule has 0 radical (unpaired) electrons. The van der Waals surface area contributed by atoms with E-state index in [-0.39, 0.29) is 11.7 Å². The summed E-state index contributed by atoms with van der Waals surface area (Å²) in [6, 6.07) is 22.3. The molecule has 3 heteroatoms. The Morgan fingerprint density at radius 3 is 2.22 bits per heavy atom. The Bertz CT molecular complexity index is 903. The van der Waals surface area contributed by atoms with Crippen LogP contribution in [0.25, 0.3) is 0 Å². The highest BCUT2D eigenvalue weighted by molar-refractivity contribution is 5.94. The van der Waals surface area contributed by atoms with E-state index < -0.39 is 0 Å². The molecule has 3 aromatic rings. The van der Waals surface area contributed by atoms with Crippen LogP contribution in [-0.2, 0) is 17.6 Å². The molecule has 0 bridgehead atoms. The van der Waals surface area contributed by atoms with Gasteiger partial charge in [-0.2, -0.15) is 0 Å². The zero-order valence-corrected chi connectivity index (χ0v) is 15.8. The lowest BCUT2D eigenvalue weighted by Gasteiger charge is -2.24. The van der Waals surface area contributed by atoms with Crippen LogP contribution in [0.15, 0.2) is 72.8 Å². The molecule has 1 amide bonds. The topological polar surface area (TPSA) is 20.3 Å². The lowest BCUT2D eigenvalue weighted by atomic mass is 10.1. The Kier molecular flexibility index (Phi) is 6.02. The highest BCUT2D eigenvalue weighted by atomic mass is 19.1. The summed E-state index contributed by atoms with van der Waals surface area (Å²) in [5.41, 5.74) is 5.27. The molecule has 138 valence electrons. The van der Waals surface area contributed by atoms with Gasteiger partial charge in [-0.15, -0.1) is 0 Å². The second-order valence-electron chi connectivity index (χ2n) is 6.85. The molecule has 0 N–H and O–H groups in total. The van der Waals surface area contributed by atoms with Crippen LogP contribution >= 0.6 is 0 Å². The monoisotopic (exact) mass is 361 g/mol. The smallest absolute Gasteiger partial charge is 0.231 e. The first-order valence-electron chi connectivity index (χ1n) is 9.19. The molecular weight excluding hydrogens is 337 g/mol. The molecule has 2 nitrogen and oxygen atoms in total. The summed E-state index contributed by atoms with van der Waals surface area (Å²) >= 11 is 0. The zero-order chi connectivity index (χ0) is 19.2. The quantitative estimate of drug-likeness (QED) is 0.586. The van der Waals surface area contributed by atoms with Crippen LogP contribution < -0.4 is 4.90 Å². The van der Waals surface area contributed by atoms with E-state index in [0.29, 0.717) is 19.4 Å². The molecule has 3 rings (SSSR count). The molecule has 3 aromatic carbocycles. The summed E-state index contributed by atoms with van der Waals surface area (Å²) in [5.74, 6) is -0.184. The molecule has 0 spiro atoms. The van der Waals surface area contributed by atoms with E-state index >= 15 is 0 Å². The number of amides is 1. The van der Waals surface area contributed by atoms with Gasteiger partial charge in [-0.25, -0.2) is 4.39 Å². The van der Waals surface area contributed by atoms with Crippen LogP contribution in [0, 0.1) is 19.7 Å². The number of anilines is 1. The van der Waals surface area contributed by atoms with Crippen LogP contribution in [0.5, 0.6) is 0 Å². The predicted octanol–water partition coefficient (Wildman–Crippen LogP) is 5.26. The Balaban J connectivity index is 1.82. The fraction of sp³-hybridized carbons (Fsp3) is 0.208. The molecule has 0 unspecified atom stereocenters.